The van der Waals surface area contributed by atoms with E-state index in [1.54, 1.807) is 0 Å². The maximum absolute atomic E-state index is 11.1. The predicted octanol–water partition coefficient (Wildman–Crippen LogP) is 3.18. The number of halogens is 1. The van der Waals surface area contributed by atoms with Gasteiger partial charge in [-0.25, -0.2) is 0 Å². The van der Waals surface area contributed by atoms with Gasteiger partial charge in [0.05, 0.1) is 12.2 Å². The lowest BCUT2D eigenvalue weighted by molar-refractivity contribution is -0.113. The molecule has 4 heteroatoms. The number of carbonyl (C=O) groups excluding carboxylic acids is 1. The number of carbonyl (C=O) groups is 1. The normalized spacial score (nSPS) is 11.3. The van der Waals surface area contributed by atoms with Gasteiger partial charge in [0.25, 0.3) is 0 Å². The van der Waals surface area contributed by atoms with Crippen molar-refractivity contribution in [3.05, 3.63) is 29.8 Å². The molecule has 0 aliphatic rings. The third-order valence-corrected chi connectivity index (χ3v) is 2.25. The highest BCUT2D eigenvalue weighted by Crippen LogP contribution is 2.15. The van der Waals surface area contributed by atoms with Gasteiger partial charge in [0, 0.05) is 5.69 Å². The molecular weight excluding hydrogens is 238 g/mol. The molecule has 3 nitrogen and oxygen atoms in total. The molecule has 94 valence electrons. The second-order valence-electron chi connectivity index (χ2n) is 4.78. The number of hydrogen-bond acceptors (Lipinski definition) is 2. The van der Waals surface area contributed by atoms with Gasteiger partial charge in [-0.1, -0.05) is 12.1 Å². The van der Waals surface area contributed by atoms with Crippen LogP contribution in [0.1, 0.15) is 26.3 Å². The Morgan fingerprint density at radius 2 is 2.12 bits per heavy atom. The van der Waals surface area contributed by atoms with Gasteiger partial charge >= 0.3 is 0 Å². The van der Waals surface area contributed by atoms with E-state index < -0.39 is 0 Å². The van der Waals surface area contributed by atoms with Crippen LogP contribution in [-0.2, 0) is 16.1 Å². The fraction of sp³-hybridized carbons (Fsp3) is 0.462. The third kappa shape index (κ3) is 5.71. The summed E-state index contributed by atoms with van der Waals surface area (Å²) in [5, 5.41) is 2.70. The zero-order chi connectivity index (χ0) is 12.9. The Morgan fingerprint density at radius 3 is 2.71 bits per heavy atom. The van der Waals surface area contributed by atoms with Crippen molar-refractivity contribution >= 4 is 23.2 Å². The van der Waals surface area contributed by atoms with Gasteiger partial charge in [-0.05, 0) is 38.5 Å². The minimum Gasteiger partial charge on any atom is -0.371 e. The number of alkyl halides is 1. The van der Waals surface area contributed by atoms with E-state index in [-0.39, 0.29) is 17.4 Å². The zero-order valence-corrected chi connectivity index (χ0v) is 11.2. The molecule has 1 aromatic rings. The summed E-state index contributed by atoms with van der Waals surface area (Å²) in [5.41, 5.74) is 1.59. The lowest BCUT2D eigenvalue weighted by Gasteiger charge is -2.19. The minimum atomic E-state index is -0.208. The number of ether oxygens (including phenoxy) is 1. The first kappa shape index (κ1) is 14.0. The van der Waals surface area contributed by atoms with Gasteiger partial charge in [-0.2, -0.15) is 0 Å². The molecule has 0 saturated carbocycles. The van der Waals surface area contributed by atoms with Crippen molar-refractivity contribution in [2.75, 3.05) is 11.2 Å². The first-order valence-corrected chi connectivity index (χ1v) is 6.03. The molecule has 0 fully saturated rings. The van der Waals surface area contributed by atoms with Gasteiger partial charge in [0.1, 0.15) is 5.88 Å². The molecule has 0 bridgehead atoms. The molecule has 0 aliphatic heterocycles. The van der Waals surface area contributed by atoms with Crippen LogP contribution in [0, 0.1) is 0 Å². The molecule has 0 aliphatic carbocycles. The van der Waals surface area contributed by atoms with Crippen LogP contribution >= 0.6 is 11.6 Å². The Kier molecular flexibility index (Phi) is 4.97. The minimum absolute atomic E-state index is 0.0390. The van der Waals surface area contributed by atoms with Gasteiger partial charge in [0.2, 0.25) is 5.91 Å². The largest absolute Gasteiger partial charge is 0.371 e. The monoisotopic (exact) mass is 255 g/mol. The van der Waals surface area contributed by atoms with E-state index in [0.29, 0.717) is 6.61 Å². The quantitative estimate of drug-likeness (QED) is 0.840. The number of rotatable bonds is 4. The molecule has 0 atom stereocenters. The summed E-state index contributed by atoms with van der Waals surface area (Å²) in [6, 6.07) is 7.55. The summed E-state index contributed by atoms with van der Waals surface area (Å²) in [5.74, 6) is -0.247. The van der Waals surface area contributed by atoms with Crippen LogP contribution in [0.4, 0.5) is 5.69 Å². The van der Waals surface area contributed by atoms with Crippen LogP contribution in [-0.4, -0.2) is 17.4 Å². The van der Waals surface area contributed by atoms with Crippen LogP contribution in [0.15, 0.2) is 24.3 Å². The number of hydrogen-bond donors (Lipinski definition) is 1. The summed E-state index contributed by atoms with van der Waals surface area (Å²) in [4.78, 5) is 11.1. The SMILES string of the molecule is CC(C)(C)OCc1cccc(NC(=O)CCl)c1. The second-order valence-corrected chi connectivity index (χ2v) is 5.05. The lowest BCUT2D eigenvalue weighted by atomic mass is 10.1. The average molecular weight is 256 g/mol. The average Bonchev–Trinajstić information content (AvgIpc) is 2.26. The van der Waals surface area contributed by atoms with E-state index in [4.69, 9.17) is 16.3 Å². The van der Waals surface area contributed by atoms with E-state index in [1.165, 1.54) is 0 Å². The van der Waals surface area contributed by atoms with Crippen LogP contribution in [0.3, 0.4) is 0 Å². The molecular formula is C13H18ClNO2. The number of anilines is 1. The van der Waals surface area contributed by atoms with Crippen molar-refractivity contribution in [1.82, 2.24) is 0 Å². The summed E-state index contributed by atoms with van der Waals surface area (Å²) in [7, 11) is 0. The Hall–Kier alpha value is -1.06. The van der Waals surface area contributed by atoms with Crippen molar-refractivity contribution in [1.29, 1.82) is 0 Å². The molecule has 0 spiro atoms. The first-order chi connectivity index (χ1) is 7.90. The summed E-state index contributed by atoms with van der Waals surface area (Å²) < 4.78 is 5.66. The van der Waals surface area contributed by atoms with Gasteiger partial charge in [-0.3, -0.25) is 4.79 Å². The molecule has 1 amide bonds. The van der Waals surface area contributed by atoms with Crippen LogP contribution in [0.5, 0.6) is 0 Å². The van der Waals surface area contributed by atoms with Crippen LogP contribution < -0.4 is 5.32 Å². The van der Waals surface area contributed by atoms with E-state index in [1.807, 2.05) is 45.0 Å². The molecule has 17 heavy (non-hydrogen) atoms. The van der Waals surface area contributed by atoms with Crippen LogP contribution in [0.25, 0.3) is 0 Å². The molecule has 0 radical (unpaired) electrons. The number of benzene rings is 1. The maximum Gasteiger partial charge on any atom is 0.239 e. The number of amides is 1. The predicted molar refractivity (Wildman–Crippen MR) is 70.3 cm³/mol. The smallest absolute Gasteiger partial charge is 0.239 e. The summed E-state index contributed by atoms with van der Waals surface area (Å²) in [6.07, 6.45) is 0. The second kappa shape index (κ2) is 6.03. The molecule has 0 saturated heterocycles. The third-order valence-electron chi connectivity index (χ3n) is 2.00. The van der Waals surface area contributed by atoms with E-state index in [9.17, 15) is 4.79 Å². The zero-order valence-electron chi connectivity index (χ0n) is 10.4. The standard InChI is InChI=1S/C13H18ClNO2/c1-13(2,3)17-9-10-5-4-6-11(7-10)15-12(16)8-14/h4-7H,8-9H2,1-3H3,(H,15,16). The molecule has 1 rings (SSSR count). The molecule has 0 aromatic heterocycles. The fourth-order valence-electron chi connectivity index (χ4n) is 1.23. The Morgan fingerprint density at radius 1 is 1.41 bits per heavy atom. The van der Waals surface area contributed by atoms with E-state index in [2.05, 4.69) is 5.32 Å². The molecule has 0 unspecified atom stereocenters. The Bertz CT molecular complexity index is 385. The molecule has 1 aromatic carbocycles. The van der Waals surface area contributed by atoms with Gasteiger partial charge < -0.3 is 10.1 Å². The molecule has 0 heterocycles. The van der Waals surface area contributed by atoms with Gasteiger partial charge in [-0.15, -0.1) is 11.6 Å². The Balaban J connectivity index is 2.63. The molecule has 1 N–H and O–H groups in total. The fourth-order valence-corrected chi connectivity index (χ4v) is 1.30. The topological polar surface area (TPSA) is 38.3 Å². The highest BCUT2D eigenvalue weighted by molar-refractivity contribution is 6.29. The van der Waals surface area contributed by atoms with Gasteiger partial charge in [0.15, 0.2) is 0 Å². The Labute approximate surface area is 107 Å². The lowest BCUT2D eigenvalue weighted by Crippen LogP contribution is -2.18. The van der Waals surface area contributed by atoms with Crippen LogP contribution in [0.2, 0.25) is 0 Å². The summed E-state index contributed by atoms with van der Waals surface area (Å²) >= 11 is 5.43. The van der Waals surface area contributed by atoms with Crippen molar-refractivity contribution < 1.29 is 9.53 Å². The maximum atomic E-state index is 11.1. The first-order valence-electron chi connectivity index (χ1n) is 5.49. The van der Waals surface area contributed by atoms with E-state index in [0.717, 1.165) is 11.3 Å². The van der Waals surface area contributed by atoms with Crippen molar-refractivity contribution in [3.63, 3.8) is 0 Å². The highest BCUT2D eigenvalue weighted by Gasteiger charge is 2.10. The van der Waals surface area contributed by atoms with Crippen molar-refractivity contribution in [2.45, 2.75) is 33.0 Å². The number of nitrogens with one attached hydrogen (secondary N) is 1. The summed E-state index contributed by atoms with van der Waals surface area (Å²) in [6.45, 7) is 6.54. The van der Waals surface area contributed by atoms with Crippen molar-refractivity contribution in [3.8, 4) is 0 Å². The highest BCUT2D eigenvalue weighted by atomic mass is 35.5. The van der Waals surface area contributed by atoms with E-state index >= 15 is 0 Å². The van der Waals surface area contributed by atoms with Crippen molar-refractivity contribution in [2.24, 2.45) is 0 Å².